The molecule has 0 unspecified atom stereocenters. The van der Waals surface area contributed by atoms with Gasteiger partial charge in [-0.25, -0.2) is 4.98 Å². The van der Waals surface area contributed by atoms with E-state index in [9.17, 15) is 4.79 Å². The van der Waals surface area contributed by atoms with Gasteiger partial charge in [0.25, 0.3) is 5.22 Å². The Morgan fingerprint density at radius 2 is 2.09 bits per heavy atom. The maximum absolute atomic E-state index is 11.9. The second-order valence-electron chi connectivity index (χ2n) is 4.62. The van der Waals surface area contributed by atoms with Gasteiger partial charge in [-0.05, 0) is 42.5 Å². The zero-order valence-electron chi connectivity index (χ0n) is 11.7. The molecule has 0 saturated carbocycles. The van der Waals surface area contributed by atoms with Crippen molar-refractivity contribution in [3.63, 3.8) is 0 Å². The normalized spacial score (nSPS) is 10.4. The molecule has 0 bridgehead atoms. The van der Waals surface area contributed by atoms with Crippen molar-refractivity contribution in [2.45, 2.75) is 5.22 Å². The summed E-state index contributed by atoms with van der Waals surface area (Å²) < 4.78 is 6.49. The molecule has 114 valence electrons. The minimum Gasteiger partial charge on any atom is -0.431 e. The van der Waals surface area contributed by atoms with E-state index in [1.54, 1.807) is 24.3 Å². The number of thioether (sulfide) groups is 1. The van der Waals surface area contributed by atoms with Crippen molar-refractivity contribution < 1.29 is 9.21 Å². The van der Waals surface area contributed by atoms with E-state index in [2.05, 4.69) is 26.2 Å². The van der Waals surface area contributed by atoms with Crippen LogP contribution in [0.3, 0.4) is 0 Å². The fourth-order valence-corrected chi connectivity index (χ4v) is 2.88. The van der Waals surface area contributed by atoms with Gasteiger partial charge in [0, 0.05) is 10.2 Å². The molecular formula is C16H10BrN3O2S. The van der Waals surface area contributed by atoms with Crippen LogP contribution < -0.4 is 5.32 Å². The van der Waals surface area contributed by atoms with E-state index in [0.29, 0.717) is 22.1 Å². The van der Waals surface area contributed by atoms with Crippen molar-refractivity contribution in [1.82, 2.24) is 4.98 Å². The summed E-state index contributed by atoms with van der Waals surface area (Å²) in [5.74, 6) is 0.0247. The number of halogens is 1. The number of rotatable bonds is 4. The predicted octanol–water partition coefficient (Wildman–Crippen LogP) is 4.19. The minimum absolute atomic E-state index is 0.164. The Morgan fingerprint density at radius 3 is 2.83 bits per heavy atom. The summed E-state index contributed by atoms with van der Waals surface area (Å²) in [6.07, 6.45) is 0. The molecule has 1 heterocycles. The highest BCUT2D eigenvalue weighted by molar-refractivity contribution is 9.10. The van der Waals surface area contributed by atoms with Crippen LogP contribution in [0.5, 0.6) is 0 Å². The van der Waals surface area contributed by atoms with Crippen LogP contribution in [0.4, 0.5) is 5.69 Å². The van der Waals surface area contributed by atoms with Crippen LogP contribution in [0, 0.1) is 11.3 Å². The van der Waals surface area contributed by atoms with E-state index in [-0.39, 0.29) is 11.7 Å². The number of hydrogen-bond donors (Lipinski definition) is 1. The predicted molar refractivity (Wildman–Crippen MR) is 92.2 cm³/mol. The third-order valence-corrected chi connectivity index (χ3v) is 4.28. The summed E-state index contributed by atoms with van der Waals surface area (Å²) >= 11 is 4.61. The lowest BCUT2D eigenvalue weighted by Gasteiger charge is -2.03. The Kier molecular flexibility index (Phi) is 4.65. The average molecular weight is 388 g/mol. The topological polar surface area (TPSA) is 78.9 Å². The lowest BCUT2D eigenvalue weighted by atomic mass is 10.2. The molecule has 0 radical (unpaired) electrons. The molecule has 0 fully saturated rings. The van der Waals surface area contributed by atoms with E-state index >= 15 is 0 Å². The Morgan fingerprint density at radius 1 is 1.30 bits per heavy atom. The highest BCUT2D eigenvalue weighted by Crippen LogP contribution is 2.25. The van der Waals surface area contributed by atoms with Crippen molar-refractivity contribution in [1.29, 1.82) is 5.26 Å². The third-order valence-electron chi connectivity index (χ3n) is 2.95. The maximum atomic E-state index is 11.9. The number of benzene rings is 2. The first-order valence-corrected chi connectivity index (χ1v) is 8.41. The van der Waals surface area contributed by atoms with Gasteiger partial charge in [-0.15, -0.1) is 0 Å². The Balaban J connectivity index is 1.60. The highest BCUT2D eigenvalue weighted by atomic mass is 79.9. The quantitative estimate of drug-likeness (QED) is 0.678. The van der Waals surface area contributed by atoms with E-state index < -0.39 is 0 Å². The van der Waals surface area contributed by atoms with Gasteiger partial charge in [0.1, 0.15) is 5.52 Å². The molecule has 1 amide bonds. The lowest BCUT2D eigenvalue weighted by molar-refractivity contribution is -0.113. The van der Waals surface area contributed by atoms with Crippen LogP contribution in [-0.2, 0) is 4.79 Å². The van der Waals surface area contributed by atoms with Gasteiger partial charge in [0.05, 0.1) is 17.4 Å². The molecule has 7 heteroatoms. The molecule has 3 aromatic rings. The van der Waals surface area contributed by atoms with Gasteiger partial charge in [0.2, 0.25) is 5.91 Å². The van der Waals surface area contributed by atoms with Crippen LogP contribution >= 0.6 is 27.7 Å². The van der Waals surface area contributed by atoms with Crippen molar-refractivity contribution >= 4 is 50.4 Å². The molecule has 3 rings (SSSR count). The number of fused-ring (bicyclic) bond motifs is 1. The summed E-state index contributed by atoms with van der Waals surface area (Å²) in [5.41, 5.74) is 2.63. The number of oxazole rings is 1. The van der Waals surface area contributed by atoms with Crippen LogP contribution in [0.25, 0.3) is 11.1 Å². The summed E-state index contributed by atoms with van der Waals surface area (Å²) in [6.45, 7) is 0. The summed E-state index contributed by atoms with van der Waals surface area (Å²) in [4.78, 5) is 16.3. The molecule has 2 aromatic carbocycles. The van der Waals surface area contributed by atoms with Crippen molar-refractivity contribution in [3.8, 4) is 6.07 Å². The number of carbonyl (C=O) groups is 1. The van der Waals surface area contributed by atoms with Gasteiger partial charge in [-0.3, -0.25) is 4.79 Å². The zero-order valence-corrected chi connectivity index (χ0v) is 14.1. The third kappa shape index (κ3) is 3.92. The molecule has 0 spiro atoms. The molecule has 0 aliphatic heterocycles. The number of anilines is 1. The summed E-state index contributed by atoms with van der Waals surface area (Å²) in [7, 11) is 0. The van der Waals surface area contributed by atoms with Crippen LogP contribution in [0.2, 0.25) is 0 Å². The molecule has 5 nitrogen and oxygen atoms in total. The van der Waals surface area contributed by atoms with Crippen LogP contribution in [0.1, 0.15) is 5.56 Å². The average Bonchev–Trinajstić information content (AvgIpc) is 2.95. The number of carbonyl (C=O) groups excluding carboxylic acids is 1. The van der Waals surface area contributed by atoms with E-state index in [0.717, 1.165) is 9.99 Å². The first kappa shape index (κ1) is 15.6. The fraction of sp³-hybridized carbons (Fsp3) is 0.0625. The molecular weight excluding hydrogens is 378 g/mol. The van der Waals surface area contributed by atoms with Gasteiger partial charge in [-0.2, -0.15) is 5.26 Å². The fourth-order valence-electron chi connectivity index (χ4n) is 1.89. The zero-order chi connectivity index (χ0) is 16.2. The lowest BCUT2D eigenvalue weighted by Crippen LogP contribution is -2.13. The first-order chi connectivity index (χ1) is 11.1. The largest absolute Gasteiger partial charge is 0.431 e. The summed E-state index contributed by atoms with van der Waals surface area (Å²) in [6, 6.07) is 14.3. The van der Waals surface area contributed by atoms with Crippen LogP contribution in [-0.4, -0.2) is 16.6 Å². The van der Waals surface area contributed by atoms with E-state index in [4.69, 9.17) is 9.68 Å². The Labute approximate surface area is 144 Å². The molecule has 0 aliphatic rings. The molecule has 0 saturated heterocycles. The van der Waals surface area contributed by atoms with Crippen molar-refractivity contribution in [2.75, 3.05) is 11.1 Å². The standard InChI is InChI=1S/C16H10BrN3O2S/c17-11-3-6-14-13(7-11)20-16(22-14)23-9-15(21)19-12-4-1-10(8-18)2-5-12/h1-7H,9H2,(H,19,21). The van der Waals surface area contributed by atoms with E-state index in [1.807, 2.05) is 24.3 Å². The highest BCUT2D eigenvalue weighted by Gasteiger charge is 2.10. The van der Waals surface area contributed by atoms with Crippen molar-refractivity contribution in [2.24, 2.45) is 0 Å². The first-order valence-electron chi connectivity index (χ1n) is 6.63. The Bertz CT molecular complexity index is 900. The monoisotopic (exact) mass is 387 g/mol. The van der Waals surface area contributed by atoms with E-state index in [1.165, 1.54) is 11.8 Å². The van der Waals surface area contributed by atoms with Gasteiger partial charge in [-0.1, -0.05) is 27.7 Å². The van der Waals surface area contributed by atoms with Crippen LogP contribution in [0.15, 0.2) is 56.6 Å². The maximum Gasteiger partial charge on any atom is 0.257 e. The molecule has 1 aromatic heterocycles. The number of nitrogens with zero attached hydrogens (tertiary/aromatic N) is 2. The summed E-state index contributed by atoms with van der Waals surface area (Å²) in [5, 5.41) is 11.9. The Hall–Kier alpha value is -2.30. The van der Waals surface area contributed by atoms with Crippen molar-refractivity contribution in [3.05, 3.63) is 52.5 Å². The number of nitriles is 1. The number of hydrogen-bond acceptors (Lipinski definition) is 5. The smallest absolute Gasteiger partial charge is 0.257 e. The molecule has 1 N–H and O–H groups in total. The molecule has 0 aliphatic carbocycles. The SMILES string of the molecule is N#Cc1ccc(NC(=O)CSc2nc3cc(Br)ccc3o2)cc1. The molecule has 23 heavy (non-hydrogen) atoms. The van der Waals surface area contributed by atoms with Gasteiger partial charge in [0.15, 0.2) is 5.58 Å². The number of amides is 1. The van der Waals surface area contributed by atoms with Gasteiger partial charge >= 0.3 is 0 Å². The molecule has 0 atom stereocenters. The number of aromatic nitrogens is 1. The minimum atomic E-state index is -0.164. The number of nitrogens with one attached hydrogen (secondary N) is 1. The second-order valence-corrected chi connectivity index (χ2v) is 6.46. The second kappa shape index (κ2) is 6.86. The van der Waals surface area contributed by atoms with Gasteiger partial charge < -0.3 is 9.73 Å².